The highest BCUT2D eigenvalue weighted by molar-refractivity contribution is 5.72. The minimum Gasteiger partial charge on any atom is -0.462 e. The van der Waals surface area contributed by atoms with E-state index in [-0.39, 0.29) is 31.6 Å². The molecule has 0 heterocycles. The van der Waals surface area contributed by atoms with E-state index in [0.717, 1.165) is 83.5 Å². The van der Waals surface area contributed by atoms with Gasteiger partial charge in [-0.2, -0.15) is 0 Å². The first-order valence-electron chi connectivity index (χ1n) is 20.4. The summed E-state index contributed by atoms with van der Waals surface area (Å²) in [5.74, 6) is -1.07. The highest BCUT2D eigenvalue weighted by Crippen LogP contribution is 2.12. The first kappa shape index (κ1) is 47.8. The third-order valence-electron chi connectivity index (χ3n) is 8.23. The normalized spacial score (nSPS) is 12.8. The maximum atomic E-state index is 12.6. The minimum absolute atomic E-state index is 0.109. The van der Waals surface area contributed by atoms with Crippen molar-refractivity contribution < 1.29 is 28.6 Å². The van der Waals surface area contributed by atoms with Gasteiger partial charge in [0.05, 0.1) is 6.42 Å². The van der Waals surface area contributed by atoms with Gasteiger partial charge in [0.1, 0.15) is 13.2 Å². The van der Waals surface area contributed by atoms with Crippen LogP contribution in [0.3, 0.4) is 0 Å². The van der Waals surface area contributed by atoms with Gasteiger partial charge >= 0.3 is 17.9 Å². The van der Waals surface area contributed by atoms with Gasteiger partial charge in [-0.3, -0.25) is 14.4 Å². The number of carbonyl (C=O) groups is 3. The van der Waals surface area contributed by atoms with Crippen molar-refractivity contribution >= 4 is 17.9 Å². The van der Waals surface area contributed by atoms with Gasteiger partial charge in [0.25, 0.3) is 0 Å². The Hall–Kier alpha value is -3.15. The zero-order valence-corrected chi connectivity index (χ0v) is 32.8. The van der Waals surface area contributed by atoms with E-state index in [4.69, 9.17) is 14.2 Å². The molecule has 0 saturated heterocycles. The van der Waals surface area contributed by atoms with Crippen LogP contribution in [0.5, 0.6) is 0 Å². The average Bonchev–Trinajstić information content (AvgIpc) is 3.12. The summed E-state index contributed by atoms with van der Waals surface area (Å²) in [6.45, 7) is 6.30. The molecule has 0 aliphatic rings. The summed E-state index contributed by atoms with van der Waals surface area (Å²) >= 11 is 0. The van der Waals surface area contributed by atoms with Crippen LogP contribution in [0.1, 0.15) is 175 Å². The molecule has 0 radical (unpaired) electrons. The molecule has 0 saturated carbocycles. The van der Waals surface area contributed by atoms with Crippen molar-refractivity contribution in [3.05, 3.63) is 72.9 Å². The Morgan fingerprint density at radius 2 is 0.863 bits per heavy atom. The Balaban J connectivity index is 4.50. The van der Waals surface area contributed by atoms with Gasteiger partial charge in [0, 0.05) is 12.8 Å². The number of allylic oxidation sites excluding steroid dienone is 11. The minimum atomic E-state index is -0.813. The molecule has 1 atom stereocenters. The van der Waals surface area contributed by atoms with Crippen LogP contribution in [-0.2, 0) is 28.6 Å². The van der Waals surface area contributed by atoms with Crippen molar-refractivity contribution in [3.8, 4) is 0 Å². The zero-order chi connectivity index (χ0) is 37.3. The fourth-order valence-corrected chi connectivity index (χ4v) is 5.14. The average molecular weight is 711 g/mol. The lowest BCUT2D eigenvalue weighted by molar-refractivity contribution is -0.166. The molecule has 0 aromatic heterocycles. The Labute approximate surface area is 312 Å². The van der Waals surface area contributed by atoms with Gasteiger partial charge in [-0.05, 0) is 64.2 Å². The number of carbonyl (C=O) groups excluding carboxylic acids is 3. The van der Waals surface area contributed by atoms with Crippen LogP contribution < -0.4 is 0 Å². The molecular formula is C45H74O6. The number of unbranched alkanes of at least 4 members (excludes halogenated alkanes) is 13. The second-order valence-electron chi connectivity index (χ2n) is 13.2. The van der Waals surface area contributed by atoms with Crippen molar-refractivity contribution in [2.24, 2.45) is 0 Å². The van der Waals surface area contributed by atoms with E-state index in [1.54, 1.807) is 6.08 Å². The molecule has 0 aliphatic carbocycles. The van der Waals surface area contributed by atoms with E-state index in [9.17, 15) is 14.4 Å². The fourth-order valence-electron chi connectivity index (χ4n) is 5.14. The monoisotopic (exact) mass is 711 g/mol. The zero-order valence-electron chi connectivity index (χ0n) is 32.8. The van der Waals surface area contributed by atoms with Crippen LogP contribution in [0.15, 0.2) is 72.9 Å². The quantitative estimate of drug-likeness (QED) is 0.0282. The first-order valence-corrected chi connectivity index (χ1v) is 20.4. The molecule has 0 N–H and O–H groups in total. The summed E-state index contributed by atoms with van der Waals surface area (Å²) in [7, 11) is 0. The second-order valence-corrected chi connectivity index (χ2v) is 13.2. The van der Waals surface area contributed by atoms with Crippen molar-refractivity contribution in [1.82, 2.24) is 0 Å². The van der Waals surface area contributed by atoms with E-state index in [1.807, 2.05) is 6.08 Å². The summed E-state index contributed by atoms with van der Waals surface area (Å²) in [6.07, 6.45) is 47.8. The van der Waals surface area contributed by atoms with Gasteiger partial charge in [0.15, 0.2) is 6.10 Å². The highest BCUT2D eigenvalue weighted by atomic mass is 16.6. The van der Waals surface area contributed by atoms with Crippen LogP contribution >= 0.6 is 0 Å². The van der Waals surface area contributed by atoms with E-state index in [1.165, 1.54) is 51.4 Å². The maximum absolute atomic E-state index is 12.6. The summed E-state index contributed by atoms with van der Waals surface area (Å²) in [4.78, 5) is 37.4. The van der Waals surface area contributed by atoms with Gasteiger partial charge in [-0.1, -0.05) is 164 Å². The SMILES string of the molecule is CC/C=C\C/C=C\C/C=C\C/C=C\C/C=C\CC(=O)OCC(COC(=O)CCCCCCCCC)OC(=O)CCCCCCC/C=C\CCCC. The topological polar surface area (TPSA) is 78.9 Å². The molecule has 0 rings (SSSR count). The lowest BCUT2D eigenvalue weighted by atomic mass is 10.1. The molecule has 0 bridgehead atoms. The van der Waals surface area contributed by atoms with Gasteiger partial charge < -0.3 is 14.2 Å². The number of ether oxygens (including phenoxy) is 3. The molecule has 290 valence electrons. The third kappa shape index (κ3) is 37.9. The number of esters is 3. The van der Waals surface area contributed by atoms with E-state index < -0.39 is 12.1 Å². The molecule has 0 aliphatic heterocycles. The summed E-state index contributed by atoms with van der Waals surface area (Å²) < 4.78 is 16.5. The van der Waals surface area contributed by atoms with Crippen molar-refractivity contribution in [3.63, 3.8) is 0 Å². The molecule has 0 fully saturated rings. The van der Waals surface area contributed by atoms with Crippen LogP contribution in [0.25, 0.3) is 0 Å². The Morgan fingerprint density at radius 1 is 0.431 bits per heavy atom. The molecule has 1 unspecified atom stereocenters. The molecular weight excluding hydrogens is 636 g/mol. The van der Waals surface area contributed by atoms with Crippen molar-refractivity contribution in [1.29, 1.82) is 0 Å². The smallest absolute Gasteiger partial charge is 0.309 e. The summed E-state index contributed by atoms with van der Waals surface area (Å²) in [5, 5.41) is 0. The van der Waals surface area contributed by atoms with E-state index in [0.29, 0.717) is 12.8 Å². The second kappa shape index (κ2) is 39.6. The van der Waals surface area contributed by atoms with E-state index in [2.05, 4.69) is 81.5 Å². The van der Waals surface area contributed by atoms with Crippen LogP contribution in [-0.4, -0.2) is 37.2 Å². The number of rotatable bonds is 35. The lowest BCUT2D eigenvalue weighted by Gasteiger charge is -2.18. The highest BCUT2D eigenvalue weighted by Gasteiger charge is 2.19. The molecule has 0 amide bonds. The molecule has 6 nitrogen and oxygen atoms in total. The molecule has 0 spiro atoms. The van der Waals surface area contributed by atoms with Crippen molar-refractivity contribution in [2.75, 3.05) is 13.2 Å². The Kier molecular flexibility index (Phi) is 37.2. The van der Waals surface area contributed by atoms with Crippen LogP contribution in [0.2, 0.25) is 0 Å². The van der Waals surface area contributed by atoms with Crippen LogP contribution in [0, 0.1) is 0 Å². The largest absolute Gasteiger partial charge is 0.462 e. The van der Waals surface area contributed by atoms with Crippen molar-refractivity contribution in [2.45, 2.75) is 181 Å². The molecule has 51 heavy (non-hydrogen) atoms. The van der Waals surface area contributed by atoms with E-state index >= 15 is 0 Å². The molecule has 0 aromatic carbocycles. The predicted molar refractivity (Wildman–Crippen MR) is 214 cm³/mol. The van der Waals surface area contributed by atoms with Crippen LogP contribution in [0.4, 0.5) is 0 Å². The number of hydrogen-bond acceptors (Lipinski definition) is 6. The lowest BCUT2D eigenvalue weighted by Crippen LogP contribution is -2.30. The fraction of sp³-hybridized carbons (Fsp3) is 0.667. The van der Waals surface area contributed by atoms with Gasteiger partial charge in [0.2, 0.25) is 0 Å². The third-order valence-corrected chi connectivity index (χ3v) is 8.23. The Morgan fingerprint density at radius 3 is 1.41 bits per heavy atom. The maximum Gasteiger partial charge on any atom is 0.309 e. The summed E-state index contributed by atoms with van der Waals surface area (Å²) in [5.41, 5.74) is 0. The Bertz CT molecular complexity index is 1000. The molecule has 6 heteroatoms. The first-order chi connectivity index (χ1) is 25.0. The predicted octanol–water partition coefficient (Wildman–Crippen LogP) is 12.7. The molecule has 0 aromatic rings. The van der Waals surface area contributed by atoms with Gasteiger partial charge in [-0.25, -0.2) is 0 Å². The standard InChI is InChI=1S/C45H74O6/c1-4-7-10-13-16-18-20-21-22-23-25-26-29-32-35-38-44(47)50-41-42(40-49-43(46)37-34-31-28-15-12-9-6-3)51-45(48)39-36-33-30-27-24-19-17-14-11-8-5-2/h7,10,14,16-18,21-22,25-26,32,35,42H,4-6,8-9,11-13,15,19-20,23-24,27-31,33-34,36-41H2,1-3H3/b10-7-,17-14-,18-16-,22-21-,26-25-,35-32-. The number of hydrogen-bond donors (Lipinski definition) is 0. The summed E-state index contributed by atoms with van der Waals surface area (Å²) in [6, 6.07) is 0. The van der Waals surface area contributed by atoms with Gasteiger partial charge in [-0.15, -0.1) is 0 Å².